The molecule has 0 aliphatic carbocycles. The van der Waals surface area contributed by atoms with Crippen molar-refractivity contribution in [3.63, 3.8) is 0 Å². The topological polar surface area (TPSA) is 47.6 Å². The first-order valence-electron chi connectivity index (χ1n) is 0.697. The van der Waals surface area contributed by atoms with Crippen LogP contribution >= 0.6 is 0 Å². The van der Waals surface area contributed by atoms with Gasteiger partial charge in [0, 0.05) is 16.5 Å². The Labute approximate surface area is 39.9 Å². The quantitative estimate of drug-likeness (QED) is 0.414. The van der Waals surface area contributed by atoms with Crippen molar-refractivity contribution in [1.82, 2.24) is 0 Å². The Morgan fingerprint density at radius 3 is 1.20 bits per heavy atom. The molecule has 0 radical (unpaired) electrons. The maximum Gasteiger partial charge on any atom is 0.181 e. The van der Waals surface area contributed by atoms with Gasteiger partial charge in [-0.1, -0.05) is 0 Å². The molecule has 0 aromatic carbocycles. The second-order valence-electron chi connectivity index (χ2n) is 0.224. The van der Waals surface area contributed by atoms with E-state index in [1.807, 2.05) is 0 Å². The van der Waals surface area contributed by atoms with Crippen molar-refractivity contribution in [3.05, 3.63) is 0 Å². The van der Waals surface area contributed by atoms with Crippen molar-refractivity contribution in [1.29, 1.82) is 10.5 Å². The number of nitriles is 2. The van der Waals surface area contributed by atoms with Crippen LogP contribution in [-0.2, 0) is 16.5 Å². The van der Waals surface area contributed by atoms with E-state index in [-0.39, 0.29) is 16.5 Å². The minimum atomic E-state index is 0. The normalized spacial score (nSPS) is 2.00. The largest absolute Gasteiger partial charge is 0.181 e. The molecule has 0 atom stereocenters. The van der Waals surface area contributed by atoms with Gasteiger partial charge in [-0.3, -0.25) is 0 Å². The van der Waals surface area contributed by atoms with Gasteiger partial charge in [0.1, 0.15) is 0 Å². The monoisotopic (exact) mass is 110 g/mol. The van der Waals surface area contributed by atoms with Crippen LogP contribution in [0.3, 0.4) is 0 Å². The van der Waals surface area contributed by atoms with E-state index in [0.29, 0.717) is 0 Å². The summed E-state index contributed by atoms with van der Waals surface area (Å²) in [4.78, 5) is 0. The summed E-state index contributed by atoms with van der Waals surface area (Å²) >= 11 is 0. The Morgan fingerprint density at radius 1 is 1.00 bits per heavy atom. The summed E-state index contributed by atoms with van der Waals surface area (Å²) < 4.78 is 0. The molecule has 0 aliphatic heterocycles. The van der Waals surface area contributed by atoms with Crippen LogP contribution in [0.2, 0.25) is 0 Å². The maximum atomic E-state index is 7.26. The maximum absolute atomic E-state index is 7.26. The summed E-state index contributed by atoms with van der Waals surface area (Å²) in [5.41, 5.74) is 0. The van der Waals surface area contributed by atoms with Gasteiger partial charge in [-0.05, 0) is 0 Å². The summed E-state index contributed by atoms with van der Waals surface area (Å²) in [6.45, 7) is 0. The molecule has 0 unspecified atom stereocenters. The molecule has 0 rings (SSSR count). The molecule has 5 heavy (non-hydrogen) atoms. The van der Waals surface area contributed by atoms with Gasteiger partial charge >= 0.3 is 0 Å². The number of hydrogen-bond acceptors (Lipinski definition) is 2. The van der Waals surface area contributed by atoms with Crippen LogP contribution in [-0.4, -0.2) is 0 Å². The van der Waals surface area contributed by atoms with Gasteiger partial charge in [-0.2, -0.15) is 10.5 Å². The standard InChI is InChI=1S/C2N2.Ni/c3-1-2-4;. The molecule has 0 heterocycles. The fraction of sp³-hybridized carbons (Fsp3) is 0. The minimum absolute atomic E-state index is 0. The molecule has 0 saturated heterocycles. The van der Waals surface area contributed by atoms with Gasteiger partial charge in [0.15, 0.2) is 12.1 Å². The summed E-state index contributed by atoms with van der Waals surface area (Å²) in [5, 5.41) is 14.5. The number of nitrogens with zero attached hydrogens (tertiary/aromatic N) is 2. The van der Waals surface area contributed by atoms with Crippen LogP contribution in [0, 0.1) is 22.7 Å². The SMILES string of the molecule is N#CC#N.[Ni]. The van der Waals surface area contributed by atoms with Gasteiger partial charge in [0.25, 0.3) is 0 Å². The van der Waals surface area contributed by atoms with Gasteiger partial charge in [-0.15, -0.1) is 0 Å². The molecule has 0 spiro atoms. The van der Waals surface area contributed by atoms with E-state index in [2.05, 4.69) is 0 Å². The zero-order chi connectivity index (χ0) is 3.41. The number of rotatable bonds is 0. The van der Waals surface area contributed by atoms with Gasteiger partial charge in [0.05, 0.1) is 0 Å². The molecule has 0 amide bonds. The fourth-order valence-electron chi connectivity index (χ4n) is 0. The molecular weight excluding hydrogens is 111 g/mol. The predicted octanol–water partition coefficient (Wildman–Crippen LogP) is 0.0311. The van der Waals surface area contributed by atoms with Crippen LogP contribution in [0.4, 0.5) is 0 Å². The van der Waals surface area contributed by atoms with Crippen LogP contribution in [0.5, 0.6) is 0 Å². The van der Waals surface area contributed by atoms with Crippen molar-refractivity contribution in [3.8, 4) is 12.1 Å². The predicted molar refractivity (Wildman–Crippen MR) is 11.2 cm³/mol. The molecule has 0 fully saturated rings. The third kappa shape index (κ3) is 33.6. The van der Waals surface area contributed by atoms with Crippen molar-refractivity contribution < 1.29 is 16.5 Å². The average Bonchev–Trinajstić information content (AvgIpc) is 1.37. The van der Waals surface area contributed by atoms with E-state index in [1.54, 1.807) is 0 Å². The smallest absolute Gasteiger partial charge is 0.181 e. The Balaban J connectivity index is 0. The third-order valence-corrected chi connectivity index (χ3v) is 0.0500. The van der Waals surface area contributed by atoms with Crippen LogP contribution in [0.25, 0.3) is 0 Å². The Hall–Kier alpha value is -0.526. The van der Waals surface area contributed by atoms with E-state index in [0.717, 1.165) is 0 Å². The minimum Gasteiger partial charge on any atom is -0.181 e. The van der Waals surface area contributed by atoms with Crippen LogP contribution in [0.15, 0.2) is 0 Å². The zero-order valence-electron chi connectivity index (χ0n) is 2.21. The van der Waals surface area contributed by atoms with Crippen molar-refractivity contribution in [2.45, 2.75) is 0 Å². The first kappa shape index (κ1) is 8.82. The molecule has 28 valence electrons. The Kier molecular flexibility index (Phi) is 17.3. The summed E-state index contributed by atoms with van der Waals surface area (Å²) in [6.07, 6.45) is 0. The van der Waals surface area contributed by atoms with Crippen LogP contribution in [0.1, 0.15) is 0 Å². The van der Waals surface area contributed by atoms with Crippen molar-refractivity contribution in [2.75, 3.05) is 0 Å². The average molecular weight is 111 g/mol. The third-order valence-electron chi connectivity index (χ3n) is 0.0500. The van der Waals surface area contributed by atoms with Crippen molar-refractivity contribution >= 4 is 0 Å². The summed E-state index contributed by atoms with van der Waals surface area (Å²) in [6, 6.07) is 2.47. The summed E-state index contributed by atoms with van der Waals surface area (Å²) in [7, 11) is 0. The molecule has 0 aromatic heterocycles. The second kappa shape index (κ2) is 9.79. The second-order valence-corrected chi connectivity index (χ2v) is 0.224. The van der Waals surface area contributed by atoms with E-state index in [9.17, 15) is 0 Å². The van der Waals surface area contributed by atoms with Crippen LogP contribution < -0.4 is 0 Å². The first-order chi connectivity index (χ1) is 1.91. The molecule has 0 N–H and O–H groups in total. The molecule has 0 aliphatic rings. The molecule has 3 heteroatoms. The first-order valence-corrected chi connectivity index (χ1v) is 0.697. The Bertz CT molecular complexity index is 62.6. The Morgan fingerprint density at radius 2 is 1.20 bits per heavy atom. The van der Waals surface area contributed by atoms with E-state index >= 15 is 0 Å². The van der Waals surface area contributed by atoms with E-state index in [1.165, 1.54) is 12.1 Å². The van der Waals surface area contributed by atoms with Gasteiger partial charge < -0.3 is 0 Å². The van der Waals surface area contributed by atoms with Gasteiger partial charge in [-0.25, -0.2) is 0 Å². The fourth-order valence-corrected chi connectivity index (χ4v) is 0. The molecular formula is C2N2Ni. The van der Waals surface area contributed by atoms with Crippen molar-refractivity contribution in [2.24, 2.45) is 0 Å². The molecule has 0 saturated carbocycles. The zero-order valence-corrected chi connectivity index (χ0v) is 3.20. The van der Waals surface area contributed by atoms with Gasteiger partial charge in [0.2, 0.25) is 0 Å². The summed E-state index contributed by atoms with van der Waals surface area (Å²) in [5.74, 6) is 0. The molecule has 2 nitrogen and oxygen atoms in total. The number of hydrogen-bond donors (Lipinski definition) is 0. The van der Waals surface area contributed by atoms with E-state index in [4.69, 9.17) is 10.5 Å². The molecule has 0 aromatic rings. The molecule has 0 bridgehead atoms. The van der Waals surface area contributed by atoms with E-state index < -0.39 is 0 Å².